The topological polar surface area (TPSA) is 99.2 Å². The number of hydrogen-bond acceptors (Lipinski definition) is 7. The van der Waals surface area contributed by atoms with Crippen LogP contribution in [-0.4, -0.2) is 80.8 Å². The Morgan fingerprint density at radius 1 is 1.08 bits per heavy atom. The predicted octanol–water partition coefficient (Wildman–Crippen LogP) is 1.35. The summed E-state index contributed by atoms with van der Waals surface area (Å²) >= 11 is 0. The SMILES string of the molecule is COc1ccc2[nH]c([S@@](=O)CCc3nccc(OC)c3OC)nc2n1.[Na]. The predicted molar refractivity (Wildman–Crippen MR) is 98.5 cm³/mol. The van der Waals surface area contributed by atoms with E-state index < -0.39 is 10.8 Å². The summed E-state index contributed by atoms with van der Waals surface area (Å²) < 4.78 is 28.2. The fourth-order valence-electron chi connectivity index (χ4n) is 2.39. The van der Waals surface area contributed by atoms with Crippen molar-refractivity contribution in [1.29, 1.82) is 0 Å². The summed E-state index contributed by atoms with van der Waals surface area (Å²) in [5.74, 6) is 1.95. The molecule has 26 heavy (non-hydrogen) atoms. The van der Waals surface area contributed by atoms with Gasteiger partial charge in [-0.05, 0) is 6.07 Å². The monoisotopic (exact) mass is 385 g/mol. The smallest absolute Gasteiger partial charge is 0.215 e. The average molecular weight is 385 g/mol. The molecule has 0 aromatic carbocycles. The summed E-state index contributed by atoms with van der Waals surface area (Å²) in [7, 11) is 3.33. The molecule has 0 amide bonds. The van der Waals surface area contributed by atoms with Crippen molar-refractivity contribution in [2.45, 2.75) is 11.6 Å². The summed E-state index contributed by atoms with van der Waals surface area (Å²) in [5, 5.41) is 0.373. The minimum atomic E-state index is -1.33. The second kappa shape index (κ2) is 9.31. The van der Waals surface area contributed by atoms with Crippen LogP contribution in [0.4, 0.5) is 0 Å². The Labute approximate surface area is 175 Å². The first-order valence-corrected chi connectivity index (χ1v) is 8.83. The first kappa shape index (κ1) is 20.6. The standard InChI is InChI=1S/C16H18N4O4S.Na/c1-22-12-6-8-17-10(14(12)24-3)7-9-25(21)16-18-11-4-5-13(23-2)19-15(11)20-16;/h4-6,8H,7,9H2,1-3H3,(H,18,19,20);/t25-;/m0./s1. The van der Waals surface area contributed by atoms with Gasteiger partial charge in [-0.3, -0.25) is 9.19 Å². The van der Waals surface area contributed by atoms with Crippen LogP contribution in [0.15, 0.2) is 29.6 Å². The molecule has 3 aromatic heterocycles. The molecule has 0 fully saturated rings. The molecule has 3 heterocycles. The van der Waals surface area contributed by atoms with E-state index in [9.17, 15) is 4.21 Å². The molecule has 0 aliphatic heterocycles. The van der Waals surface area contributed by atoms with Crippen molar-refractivity contribution >= 4 is 51.5 Å². The molecule has 0 unspecified atom stereocenters. The van der Waals surface area contributed by atoms with Gasteiger partial charge in [0.05, 0.1) is 43.3 Å². The number of pyridine rings is 2. The van der Waals surface area contributed by atoms with Gasteiger partial charge in [0, 0.05) is 60.1 Å². The number of rotatable bonds is 7. The van der Waals surface area contributed by atoms with Crippen molar-refractivity contribution in [3.63, 3.8) is 0 Å². The van der Waals surface area contributed by atoms with E-state index in [2.05, 4.69) is 19.9 Å². The van der Waals surface area contributed by atoms with Crippen LogP contribution in [0.1, 0.15) is 5.69 Å². The Hall–Kier alpha value is -1.68. The third-order valence-electron chi connectivity index (χ3n) is 3.61. The van der Waals surface area contributed by atoms with Crippen molar-refractivity contribution in [1.82, 2.24) is 19.9 Å². The Bertz CT molecular complexity index is 918. The summed E-state index contributed by atoms with van der Waals surface area (Å²) in [5.41, 5.74) is 1.87. The number of aryl methyl sites for hydroxylation is 1. The van der Waals surface area contributed by atoms with Crippen LogP contribution in [0.3, 0.4) is 0 Å². The molecule has 0 bridgehead atoms. The minimum absolute atomic E-state index is 0. The number of aromatic amines is 1. The van der Waals surface area contributed by atoms with Crippen LogP contribution in [0.25, 0.3) is 11.2 Å². The Kier molecular flexibility index (Phi) is 7.39. The number of hydrogen-bond donors (Lipinski definition) is 1. The second-order valence-electron chi connectivity index (χ2n) is 5.06. The largest absolute Gasteiger partial charge is 0.493 e. The van der Waals surface area contributed by atoms with Crippen LogP contribution < -0.4 is 14.2 Å². The summed E-state index contributed by atoms with van der Waals surface area (Å²) in [6, 6.07) is 5.23. The molecule has 1 atom stereocenters. The van der Waals surface area contributed by atoms with Crippen LogP contribution in [-0.2, 0) is 17.2 Å². The second-order valence-corrected chi connectivity index (χ2v) is 6.55. The van der Waals surface area contributed by atoms with Gasteiger partial charge in [-0.15, -0.1) is 0 Å². The number of nitrogens with one attached hydrogen (secondary N) is 1. The molecule has 0 aliphatic carbocycles. The maximum Gasteiger partial charge on any atom is 0.215 e. The molecule has 0 aliphatic rings. The number of fused-ring (bicyclic) bond motifs is 1. The van der Waals surface area contributed by atoms with Crippen molar-refractivity contribution in [3.8, 4) is 17.4 Å². The number of imidazole rings is 1. The fraction of sp³-hybridized carbons (Fsp3) is 0.312. The third kappa shape index (κ3) is 4.35. The Morgan fingerprint density at radius 2 is 1.88 bits per heavy atom. The van der Waals surface area contributed by atoms with Gasteiger partial charge >= 0.3 is 0 Å². The van der Waals surface area contributed by atoms with E-state index in [0.717, 1.165) is 0 Å². The molecule has 0 saturated heterocycles. The molecule has 1 N–H and O–H groups in total. The number of aromatic nitrogens is 4. The van der Waals surface area contributed by atoms with Crippen molar-refractivity contribution in [3.05, 3.63) is 30.1 Å². The van der Waals surface area contributed by atoms with E-state index in [-0.39, 0.29) is 29.6 Å². The molecule has 0 spiro atoms. The van der Waals surface area contributed by atoms with E-state index in [1.54, 1.807) is 38.6 Å². The van der Waals surface area contributed by atoms with Crippen LogP contribution >= 0.6 is 0 Å². The maximum absolute atomic E-state index is 12.6. The van der Waals surface area contributed by atoms with Gasteiger partial charge in [0.1, 0.15) is 0 Å². The van der Waals surface area contributed by atoms with E-state index in [4.69, 9.17) is 14.2 Å². The molecule has 3 rings (SSSR count). The van der Waals surface area contributed by atoms with Gasteiger partial charge in [-0.25, -0.2) is 4.98 Å². The zero-order valence-corrected chi connectivity index (χ0v) is 17.9. The van der Waals surface area contributed by atoms with Gasteiger partial charge in [-0.2, -0.15) is 4.98 Å². The molecule has 3 aromatic rings. The van der Waals surface area contributed by atoms with Crippen molar-refractivity contribution in [2.75, 3.05) is 27.1 Å². The number of methoxy groups -OCH3 is 3. The number of H-pyrrole nitrogens is 1. The maximum atomic E-state index is 12.6. The molecule has 133 valence electrons. The summed E-state index contributed by atoms with van der Waals surface area (Å²) in [6.07, 6.45) is 2.10. The van der Waals surface area contributed by atoms with E-state index in [0.29, 0.717) is 51.6 Å². The third-order valence-corrected chi connectivity index (χ3v) is 4.81. The van der Waals surface area contributed by atoms with Crippen molar-refractivity contribution < 1.29 is 18.4 Å². The van der Waals surface area contributed by atoms with Gasteiger partial charge in [0.25, 0.3) is 0 Å². The molecule has 1 radical (unpaired) electrons. The van der Waals surface area contributed by atoms with E-state index in [1.165, 1.54) is 7.11 Å². The molecule has 0 saturated carbocycles. The molecule has 10 heteroatoms. The minimum Gasteiger partial charge on any atom is -0.493 e. The quantitative estimate of drug-likeness (QED) is 0.613. The normalized spacial score (nSPS) is 11.7. The zero-order chi connectivity index (χ0) is 17.8. The zero-order valence-electron chi connectivity index (χ0n) is 15.1. The first-order chi connectivity index (χ1) is 12.2. The Balaban J connectivity index is 0.00000243. The first-order valence-electron chi connectivity index (χ1n) is 7.51. The van der Waals surface area contributed by atoms with Gasteiger partial charge < -0.3 is 19.2 Å². The molecular weight excluding hydrogens is 367 g/mol. The summed E-state index contributed by atoms with van der Waals surface area (Å²) in [4.78, 5) is 15.8. The van der Waals surface area contributed by atoms with Gasteiger partial charge in [0.15, 0.2) is 22.3 Å². The summed E-state index contributed by atoms with van der Waals surface area (Å²) in [6.45, 7) is 0. The number of ether oxygens (including phenoxy) is 3. The van der Waals surface area contributed by atoms with Crippen LogP contribution in [0, 0.1) is 0 Å². The van der Waals surface area contributed by atoms with Crippen molar-refractivity contribution in [2.24, 2.45) is 0 Å². The van der Waals surface area contributed by atoms with Gasteiger partial charge in [-0.1, -0.05) is 0 Å². The Morgan fingerprint density at radius 3 is 2.58 bits per heavy atom. The van der Waals surface area contributed by atoms with Crippen LogP contribution in [0.2, 0.25) is 0 Å². The van der Waals surface area contributed by atoms with Crippen LogP contribution in [0.5, 0.6) is 17.4 Å². The average Bonchev–Trinajstić information content (AvgIpc) is 3.08. The molecule has 8 nitrogen and oxygen atoms in total. The van der Waals surface area contributed by atoms with Gasteiger partial charge in [0.2, 0.25) is 5.88 Å². The number of nitrogens with zero attached hydrogens (tertiary/aromatic N) is 3. The van der Waals surface area contributed by atoms with E-state index >= 15 is 0 Å². The molecular formula is C16H18N4NaO4S. The van der Waals surface area contributed by atoms with E-state index in [1.807, 2.05) is 0 Å². The fourth-order valence-corrected chi connectivity index (χ4v) is 3.37.